The van der Waals surface area contributed by atoms with Gasteiger partial charge in [-0.15, -0.1) is 0 Å². The Balaban J connectivity index is 2.14. The van der Waals surface area contributed by atoms with Crippen LogP contribution in [0, 0.1) is 11.7 Å². The Hall–Kier alpha value is -1.85. The molecule has 1 N–H and O–H groups in total. The van der Waals surface area contributed by atoms with Gasteiger partial charge in [-0.3, -0.25) is 8.98 Å². The van der Waals surface area contributed by atoms with Crippen molar-refractivity contribution in [3.8, 4) is 5.75 Å². The highest BCUT2D eigenvalue weighted by Crippen LogP contribution is 2.32. The summed E-state index contributed by atoms with van der Waals surface area (Å²) in [4.78, 5) is 11.3. The summed E-state index contributed by atoms with van der Waals surface area (Å²) in [7, 11) is -4.05. The summed E-state index contributed by atoms with van der Waals surface area (Å²) in [5.74, 6) is -5.62. The number of hydrazone groups is 1. The SMILES string of the molecule is CC1CC(=O)NN=C1c1ccc(OCC(F)(F)COS(C)(=O)=O)c(Cl)c1F. The number of ether oxygens (including phenoxy) is 1. The summed E-state index contributed by atoms with van der Waals surface area (Å²) >= 11 is 5.86. The predicted octanol–water partition coefficient (Wildman–Crippen LogP) is 2.33. The molecule has 0 saturated heterocycles. The second-order valence-electron chi connectivity index (χ2n) is 5.99. The molecule has 2 rings (SSSR count). The van der Waals surface area contributed by atoms with E-state index in [-0.39, 0.29) is 35.3 Å². The van der Waals surface area contributed by atoms with E-state index in [0.717, 1.165) is 0 Å². The van der Waals surface area contributed by atoms with Gasteiger partial charge in [-0.2, -0.15) is 13.5 Å². The summed E-state index contributed by atoms with van der Waals surface area (Å²) in [6.45, 7) is -1.01. The van der Waals surface area contributed by atoms with Gasteiger partial charge in [-0.1, -0.05) is 18.5 Å². The van der Waals surface area contributed by atoms with Gasteiger partial charge in [0.1, 0.15) is 17.4 Å². The molecule has 1 aliphatic heterocycles. The molecule has 1 heterocycles. The van der Waals surface area contributed by atoms with E-state index in [2.05, 4.69) is 14.7 Å². The van der Waals surface area contributed by atoms with Crippen molar-refractivity contribution in [3.05, 3.63) is 28.5 Å². The summed E-state index contributed by atoms with van der Waals surface area (Å²) in [5.41, 5.74) is 2.50. The third-order valence-electron chi connectivity index (χ3n) is 3.51. The Bertz CT molecular complexity index is 876. The maximum atomic E-state index is 14.5. The minimum atomic E-state index is -4.05. The van der Waals surface area contributed by atoms with E-state index < -0.39 is 40.1 Å². The molecule has 1 aromatic rings. The quantitative estimate of drug-likeness (QED) is 0.673. The van der Waals surface area contributed by atoms with Crippen molar-refractivity contribution in [2.45, 2.75) is 19.3 Å². The standard InChI is InChI=1S/C15H16ClF3N2O5S/c1-8-5-11(22)20-21-14(8)9-3-4-10(12(16)13(9)17)25-6-15(18,19)7-26-27(2,23)24/h3-4,8H,5-7H2,1-2H3,(H,20,22). The van der Waals surface area contributed by atoms with Crippen LogP contribution in [0.5, 0.6) is 5.75 Å². The number of nitrogens with one attached hydrogen (secondary N) is 1. The number of carbonyl (C=O) groups excluding carboxylic acids is 1. The maximum absolute atomic E-state index is 14.5. The van der Waals surface area contributed by atoms with Crippen molar-refractivity contribution in [2.75, 3.05) is 19.5 Å². The van der Waals surface area contributed by atoms with E-state index in [0.29, 0.717) is 6.26 Å². The van der Waals surface area contributed by atoms with Crippen LogP contribution in [-0.4, -0.2) is 45.4 Å². The lowest BCUT2D eigenvalue weighted by atomic mass is 9.94. The van der Waals surface area contributed by atoms with Crippen LogP contribution >= 0.6 is 11.6 Å². The molecule has 0 saturated carbocycles. The number of hydrogen-bond donors (Lipinski definition) is 1. The molecule has 1 aromatic carbocycles. The van der Waals surface area contributed by atoms with Crippen molar-refractivity contribution in [2.24, 2.45) is 11.0 Å². The third-order valence-corrected chi connectivity index (χ3v) is 4.40. The van der Waals surface area contributed by atoms with Crippen molar-refractivity contribution >= 4 is 33.3 Å². The highest BCUT2D eigenvalue weighted by atomic mass is 35.5. The van der Waals surface area contributed by atoms with Gasteiger partial charge >= 0.3 is 5.92 Å². The van der Waals surface area contributed by atoms with E-state index in [1.54, 1.807) is 6.92 Å². The first kappa shape index (κ1) is 21.5. The van der Waals surface area contributed by atoms with E-state index >= 15 is 0 Å². The first-order valence-corrected chi connectivity index (χ1v) is 9.79. The number of nitrogens with zero attached hydrogens (tertiary/aromatic N) is 1. The van der Waals surface area contributed by atoms with Crippen LogP contribution < -0.4 is 10.2 Å². The molecule has 0 aliphatic carbocycles. The van der Waals surface area contributed by atoms with Crippen LogP contribution in [0.1, 0.15) is 18.9 Å². The molecule has 0 spiro atoms. The number of amides is 1. The average Bonchev–Trinajstić information content (AvgIpc) is 2.55. The molecule has 150 valence electrons. The zero-order valence-electron chi connectivity index (χ0n) is 14.3. The average molecular weight is 429 g/mol. The molecule has 12 heteroatoms. The minimum Gasteiger partial charge on any atom is -0.486 e. The molecule has 7 nitrogen and oxygen atoms in total. The van der Waals surface area contributed by atoms with Crippen LogP contribution in [0.4, 0.5) is 13.2 Å². The van der Waals surface area contributed by atoms with Gasteiger partial charge < -0.3 is 4.74 Å². The second-order valence-corrected chi connectivity index (χ2v) is 8.01. The number of benzene rings is 1. The van der Waals surface area contributed by atoms with Crippen LogP contribution in [0.3, 0.4) is 0 Å². The molecule has 0 bridgehead atoms. The molecule has 0 aromatic heterocycles. The van der Waals surface area contributed by atoms with Crippen LogP contribution in [-0.2, 0) is 19.1 Å². The minimum absolute atomic E-state index is 0.00650. The van der Waals surface area contributed by atoms with Crippen LogP contribution in [0.25, 0.3) is 0 Å². The number of alkyl halides is 2. The number of halogens is 4. The van der Waals surface area contributed by atoms with Crippen molar-refractivity contribution in [1.82, 2.24) is 5.43 Å². The van der Waals surface area contributed by atoms with Crippen molar-refractivity contribution < 1.29 is 35.3 Å². The van der Waals surface area contributed by atoms with Gasteiger partial charge in [-0.05, 0) is 12.1 Å². The fourth-order valence-electron chi connectivity index (χ4n) is 2.24. The molecule has 1 atom stereocenters. The normalized spacial score (nSPS) is 18.1. The highest BCUT2D eigenvalue weighted by Gasteiger charge is 2.33. The Kier molecular flexibility index (Phi) is 6.38. The monoisotopic (exact) mass is 428 g/mol. The van der Waals surface area contributed by atoms with Gasteiger partial charge in [-0.25, -0.2) is 18.6 Å². The topological polar surface area (TPSA) is 94.1 Å². The van der Waals surface area contributed by atoms with Gasteiger partial charge in [0.15, 0.2) is 12.4 Å². The molecule has 0 fully saturated rings. The largest absolute Gasteiger partial charge is 0.486 e. The Labute approximate surface area is 158 Å². The second kappa shape index (κ2) is 8.03. The van der Waals surface area contributed by atoms with Gasteiger partial charge in [0.25, 0.3) is 10.1 Å². The number of hydrogen-bond acceptors (Lipinski definition) is 6. The summed E-state index contributed by atoms with van der Waals surface area (Å²) in [6, 6.07) is 2.43. The van der Waals surface area contributed by atoms with Gasteiger partial charge in [0.05, 0.1) is 12.0 Å². The summed E-state index contributed by atoms with van der Waals surface area (Å²) in [6.07, 6.45) is 0.743. The Morgan fingerprint density at radius 3 is 2.63 bits per heavy atom. The van der Waals surface area contributed by atoms with Crippen molar-refractivity contribution in [3.63, 3.8) is 0 Å². The van der Waals surface area contributed by atoms with E-state index in [1.165, 1.54) is 12.1 Å². The highest BCUT2D eigenvalue weighted by molar-refractivity contribution is 7.85. The number of carbonyl (C=O) groups is 1. The van der Waals surface area contributed by atoms with E-state index in [9.17, 15) is 26.4 Å². The lowest BCUT2D eigenvalue weighted by Gasteiger charge is -2.21. The third kappa shape index (κ3) is 5.81. The summed E-state index contributed by atoms with van der Waals surface area (Å²) < 4.78 is 72.2. The Morgan fingerprint density at radius 2 is 2.04 bits per heavy atom. The predicted molar refractivity (Wildman–Crippen MR) is 91.1 cm³/mol. The summed E-state index contributed by atoms with van der Waals surface area (Å²) in [5, 5.41) is 3.27. The van der Waals surface area contributed by atoms with Crippen molar-refractivity contribution in [1.29, 1.82) is 0 Å². The smallest absolute Gasteiger partial charge is 0.305 e. The van der Waals surface area contributed by atoms with E-state index in [1.807, 2.05) is 0 Å². The molecule has 1 aliphatic rings. The first-order chi connectivity index (χ1) is 12.4. The fraction of sp³-hybridized carbons (Fsp3) is 0.467. The van der Waals surface area contributed by atoms with E-state index in [4.69, 9.17) is 16.3 Å². The molecule has 0 radical (unpaired) electrons. The lowest BCUT2D eigenvalue weighted by Crippen LogP contribution is -2.33. The molecule has 1 amide bonds. The molecular formula is C15H16ClF3N2O5S. The number of rotatable bonds is 7. The van der Waals surface area contributed by atoms with Crippen LogP contribution in [0.15, 0.2) is 17.2 Å². The maximum Gasteiger partial charge on any atom is 0.305 e. The first-order valence-electron chi connectivity index (χ1n) is 7.59. The van der Waals surface area contributed by atoms with Crippen LogP contribution in [0.2, 0.25) is 5.02 Å². The van der Waals surface area contributed by atoms with Gasteiger partial charge in [0.2, 0.25) is 5.91 Å². The fourth-order valence-corrected chi connectivity index (χ4v) is 2.84. The molecule has 27 heavy (non-hydrogen) atoms. The molecular weight excluding hydrogens is 413 g/mol. The molecule has 1 unspecified atom stereocenters. The Morgan fingerprint density at radius 1 is 1.37 bits per heavy atom. The zero-order valence-corrected chi connectivity index (χ0v) is 15.8. The lowest BCUT2D eigenvalue weighted by molar-refractivity contribution is -0.121. The van der Waals surface area contributed by atoms with Gasteiger partial charge in [0, 0.05) is 17.9 Å². The zero-order chi connectivity index (χ0) is 20.4.